The quantitative estimate of drug-likeness (QED) is 0.590. The molecule has 2 aromatic rings. The number of rotatable bonds is 2. The number of aromatic nitrogens is 2. The zero-order valence-corrected chi connectivity index (χ0v) is 9.26. The van der Waals surface area contributed by atoms with E-state index in [-0.39, 0.29) is 17.1 Å². The normalized spacial score (nSPS) is 9.14. The molecule has 0 aromatic carbocycles. The fraction of sp³-hybridized carbons (Fsp3) is 0. The predicted molar refractivity (Wildman–Crippen MR) is 56.1 cm³/mol. The molecule has 0 atom stereocenters. The van der Waals surface area contributed by atoms with Gasteiger partial charge in [-0.25, -0.2) is 0 Å². The van der Waals surface area contributed by atoms with Crippen molar-refractivity contribution in [2.45, 2.75) is 0 Å². The summed E-state index contributed by atoms with van der Waals surface area (Å²) in [6.07, 6.45) is 3.62. The van der Waals surface area contributed by atoms with Gasteiger partial charge in [-0.3, -0.25) is 9.97 Å². The molecule has 0 aliphatic rings. The molecule has 0 unspecified atom stereocenters. The zero-order valence-electron chi connectivity index (χ0n) is 7.31. The summed E-state index contributed by atoms with van der Waals surface area (Å²) in [5.41, 5.74) is 2.17. The van der Waals surface area contributed by atoms with E-state index in [2.05, 4.69) is 9.97 Å². The summed E-state index contributed by atoms with van der Waals surface area (Å²) in [6, 6.07) is 11.9. The van der Waals surface area contributed by atoms with Crippen molar-refractivity contribution < 1.29 is 17.1 Å². The maximum Gasteiger partial charge on any atom is 0.0661 e. The fourth-order valence-electron chi connectivity index (χ4n) is 1.00. The molecule has 2 heterocycles. The van der Waals surface area contributed by atoms with E-state index in [0.29, 0.717) is 8.58 Å². The van der Waals surface area contributed by atoms with E-state index in [1.165, 1.54) is 0 Å². The first kappa shape index (κ1) is 11.3. The van der Waals surface area contributed by atoms with Crippen molar-refractivity contribution in [1.82, 2.24) is 9.97 Å². The van der Waals surface area contributed by atoms with Crippen LogP contribution in [0.4, 0.5) is 0 Å². The van der Waals surface area contributed by atoms with Crippen LogP contribution in [0.2, 0.25) is 0 Å². The molecule has 0 saturated carbocycles. The minimum Gasteiger partial charge on any atom is -0.256 e. The Bertz CT molecular complexity index is 329. The molecule has 0 fully saturated rings. The zero-order chi connectivity index (χ0) is 8.93. The number of hydrogen-bond acceptors (Lipinski definition) is 2. The van der Waals surface area contributed by atoms with Gasteiger partial charge in [0, 0.05) is 29.5 Å². The van der Waals surface area contributed by atoms with Crippen LogP contribution in [-0.2, 0) is 17.1 Å². The summed E-state index contributed by atoms with van der Waals surface area (Å²) in [5, 5.41) is 0. The second kappa shape index (κ2) is 5.87. The van der Waals surface area contributed by atoms with Crippen molar-refractivity contribution in [2.24, 2.45) is 0 Å². The van der Waals surface area contributed by atoms with Crippen LogP contribution in [0.15, 0.2) is 48.8 Å². The van der Waals surface area contributed by atoms with Crippen molar-refractivity contribution in [3.8, 4) is 0 Å². The van der Waals surface area contributed by atoms with Gasteiger partial charge >= 0.3 is 0 Å². The maximum atomic E-state index is 4.25. The van der Waals surface area contributed by atoms with E-state index in [1.54, 1.807) is 0 Å². The molecule has 0 spiro atoms. The van der Waals surface area contributed by atoms with Crippen LogP contribution in [0.1, 0.15) is 0 Å². The van der Waals surface area contributed by atoms with Gasteiger partial charge in [0.2, 0.25) is 0 Å². The number of pyridine rings is 2. The molecule has 0 bridgehead atoms. The van der Waals surface area contributed by atoms with Gasteiger partial charge in [0.05, 0.1) is 10.9 Å². The van der Waals surface area contributed by atoms with Crippen LogP contribution in [-0.4, -0.2) is 9.97 Å². The molecule has 14 heavy (non-hydrogen) atoms. The summed E-state index contributed by atoms with van der Waals surface area (Å²) in [4.78, 5) is 8.49. The van der Waals surface area contributed by atoms with Crippen LogP contribution < -0.4 is 10.9 Å². The molecule has 0 aliphatic carbocycles. The first-order valence-electron chi connectivity index (χ1n) is 4.04. The smallest absolute Gasteiger partial charge is 0.0661 e. The van der Waals surface area contributed by atoms with Crippen LogP contribution in [0, 0.1) is 0 Å². The average Bonchev–Trinajstić information content (AvgIpc) is 2.21. The van der Waals surface area contributed by atoms with Gasteiger partial charge in [-0.05, 0) is 32.8 Å². The van der Waals surface area contributed by atoms with Gasteiger partial charge < -0.3 is 0 Å². The number of hydrogen-bond donors (Lipinski definition) is 0. The molecular formula is C10H9CuN2P. The molecule has 2 nitrogen and oxygen atoms in total. The van der Waals surface area contributed by atoms with Gasteiger partial charge in [0.25, 0.3) is 0 Å². The minimum absolute atomic E-state index is 0. The minimum atomic E-state index is 0. The first-order valence-corrected chi connectivity index (χ1v) is 5.04. The Morgan fingerprint density at radius 2 is 1.29 bits per heavy atom. The van der Waals surface area contributed by atoms with Crippen molar-refractivity contribution in [1.29, 1.82) is 0 Å². The van der Waals surface area contributed by atoms with Gasteiger partial charge in [-0.15, -0.1) is 0 Å². The second-order valence-corrected chi connectivity index (χ2v) is 3.83. The molecule has 0 aliphatic heterocycles. The van der Waals surface area contributed by atoms with Crippen molar-refractivity contribution in [3.63, 3.8) is 0 Å². The van der Waals surface area contributed by atoms with E-state index in [1.807, 2.05) is 48.8 Å². The summed E-state index contributed by atoms with van der Waals surface area (Å²) in [7, 11) is 0.555. The Morgan fingerprint density at radius 3 is 1.64 bits per heavy atom. The monoisotopic (exact) mass is 251 g/mol. The molecule has 4 heteroatoms. The van der Waals surface area contributed by atoms with Crippen molar-refractivity contribution in [3.05, 3.63) is 48.8 Å². The Labute approximate surface area is 95.4 Å². The van der Waals surface area contributed by atoms with Crippen LogP contribution in [0.25, 0.3) is 0 Å². The molecule has 2 aromatic heterocycles. The fourth-order valence-corrected chi connectivity index (χ4v) is 1.90. The molecule has 75 valence electrons. The van der Waals surface area contributed by atoms with Crippen molar-refractivity contribution in [2.75, 3.05) is 0 Å². The van der Waals surface area contributed by atoms with E-state index >= 15 is 0 Å². The van der Waals surface area contributed by atoms with E-state index < -0.39 is 0 Å². The van der Waals surface area contributed by atoms with Gasteiger partial charge in [-0.2, -0.15) is 0 Å². The third-order valence-electron chi connectivity index (χ3n) is 1.59. The summed E-state index contributed by atoms with van der Waals surface area (Å²) < 4.78 is 0. The van der Waals surface area contributed by atoms with Gasteiger partial charge in [0.1, 0.15) is 0 Å². The van der Waals surface area contributed by atoms with Crippen LogP contribution in [0.3, 0.4) is 0 Å². The van der Waals surface area contributed by atoms with E-state index in [4.69, 9.17) is 0 Å². The standard InChI is InChI=1S/C10H9N2P.Cu/c1-3-7-11-9(5-1)13-10-6-2-4-8-12-10;/h1-8,13H;. The summed E-state index contributed by atoms with van der Waals surface area (Å²) in [6.45, 7) is 0. The Kier molecular flexibility index (Phi) is 4.75. The molecule has 0 N–H and O–H groups in total. The van der Waals surface area contributed by atoms with Gasteiger partial charge in [-0.1, -0.05) is 12.1 Å². The molecular weight excluding hydrogens is 243 g/mol. The van der Waals surface area contributed by atoms with Crippen LogP contribution >= 0.6 is 8.58 Å². The third kappa shape index (κ3) is 3.19. The Hall–Kier alpha value is -0.751. The molecule has 0 saturated heterocycles. The summed E-state index contributed by atoms with van der Waals surface area (Å²) in [5.74, 6) is 0. The van der Waals surface area contributed by atoms with E-state index in [9.17, 15) is 0 Å². The molecule has 0 amide bonds. The largest absolute Gasteiger partial charge is 0.256 e. The second-order valence-electron chi connectivity index (χ2n) is 2.55. The third-order valence-corrected chi connectivity index (χ3v) is 2.69. The topological polar surface area (TPSA) is 25.8 Å². The van der Waals surface area contributed by atoms with E-state index in [0.717, 1.165) is 10.9 Å². The molecule has 1 radical (unpaired) electrons. The first-order chi connectivity index (χ1) is 6.45. The predicted octanol–water partition coefficient (Wildman–Crippen LogP) is 1.10. The van der Waals surface area contributed by atoms with Gasteiger partial charge in [0.15, 0.2) is 0 Å². The van der Waals surface area contributed by atoms with Crippen molar-refractivity contribution >= 4 is 19.5 Å². The number of nitrogens with zero attached hydrogens (tertiary/aromatic N) is 2. The average molecular weight is 252 g/mol. The molecule has 2 rings (SSSR count). The SMILES string of the molecule is [Cu].c1ccc(Pc2ccccn2)nc1. The maximum absolute atomic E-state index is 4.25. The Balaban J connectivity index is 0.000000980. The Morgan fingerprint density at radius 1 is 0.786 bits per heavy atom. The summed E-state index contributed by atoms with van der Waals surface area (Å²) >= 11 is 0. The van der Waals surface area contributed by atoms with Crippen LogP contribution in [0.5, 0.6) is 0 Å².